The van der Waals surface area contributed by atoms with Gasteiger partial charge in [0.15, 0.2) is 0 Å². The van der Waals surface area contributed by atoms with Crippen molar-refractivity contribution >= 4 is 27.8 Å². The second kappa shape index (κ2) is 7.28. The van der Waals surface area contributed by atoms with Crippen LogP contribution in [0.5, 0.6) is 5.75 Å². The fraction of sp³-hybridized carbons (Fsp3) is 0.429. The van der Waals surface area contributed by atoms with Crippen LogP contribution >= 0.6 is 15.9 Å². The molecule has 1 aromatic rings. The Hall–Kier alpha value is -1.56. The van der Waals surface area contributed by atoms with E-state index < -0.39 is 11.4 Å². The second-order valence-electron chi connectivity index (χ2n) is 5.02. The van der Waals surface area contributed by atoms with Crippen molar-refractivity contribution in [1.29, 1.82) is 0 Å². The third kappa shape index (κ3) is 5.61. The third-order valence-electron chi connectivity index (χ3n) is 2.72. The lowest BCUT2D eigenvalue weighted by Crippen LogP contribution is -2.39. The molecule has 6 heteroatoms. The molecule has 0 spiro atoms. The first-order valence-corrected chi connectivity index (χ1v) is 6.99. The van der Waals surface area contributed by atoms with Crippen LogP contribution in [0.4, 0.5) is 0 Å². The second-order valence-corrected chi connectivity index (χ2v) is 5.93. The molecule has 0 radical (unpaired) electrons. The van der Waals surface area contributed by atoms with Crippen LogP contribution in [0.25, 0.3) is 0 Å². The minimum atomic E-state index is -0.970. The fourth-order valence-corrected chi connectivity index (χ4v) is 1.54. The SMILES string of the molecule is CC(C)(CNC(=O)CCOc1ccc(Br)cc1)C(=O)O. The van der Waals surface area contributed by atoms with Gasteiger partial charge in [-0.2, -0.15) is 0 Å². The molecule has 0 unspecified atom stereocenters. The van der Waals surface area contributed by atoms with E-state index >= 15 is 0 Å². The third-order valence-corrected chi connectivity index (χ3v) is 3.25. The average Bonchev–Trinajstić information content (AvgIpc) is 2.39. The van der Waals surface area contributed by atoms with Crippen LogP contribution in [0.15, 0.2) is 28.7 Å². The lowest BCUT2D eigenvalue weighted by atomic mass is 9.94. The van der Waals surface area contributed by atoms with Gasteiger partial charge in [0.2, 0.25) is 5.91 Å². The smallest absolute Gasteiger partial charge is 0.310 e. The zero-order valence-corrected chi connectivity index (χ0v) is 13.1. The summed E-state index contributed by atoms with van der Waals surface area (Å²) in [6.45, 7) is 3.47. The maximum absolute atomic E-state index is 11.6. The number of carboxylic acids is 1. The molecule has 0 saturated heterocycles. The normalized spacial score (nSPS) is 10.9. The first kappa shape index (κ1) is 16.5. The molecular formula is C14H18BrNO4. The Morgan fingerprint density at radius 2 is 1.90 bits per heavy atom. The average molecular weight is 344 g/mol. The summed E-state index contributed by atoms with van der Waals surface area (Å²) in [5, 5.41) is 11.5. The molecule has 1 amide bonds. The summed E-state index contributed by atoms with van der Waals surface area (Å²) in [7, 11) is 0. The Labute approximate surface area is 126 Å². The minimum Gasteiger partial charge on any atom is -0.493 e. The molecule has 0 aliphatic carbocycles. The van der Waals surface area contributed by atoms with Gasteiger partial charge in [-0.05, 0) is 38.1 Å². The van der Waals surface area contributed by atoms with Crippen molar-refractivity contribution in [2.24, 2.45) is 5.41 Å². The molecule has 0 atom stereocenters. The molecule has 0 aliphatic heterocycles. The van der Waals surface area contributed by atoms with Crippen LogP contribution in [-0.2, 0) is 9.59 Å². The summed E-state index contributed by atoms with van der Waals surface area (Å²) in [5.41, 5.74) is -0.970. The fourth-order valence-electron chi connectivity index (χ4n) is 1.28. The van der Waals surface area contributed by atoms with Gasteiger partial charge in [0.25, 0.3) is 0 Å². The van der Waals surface area contributed by atoms with Crippen LogP contribution in [-0.4, -0.2) is 30.1 Å². The molecule has 0 bridgehead atoms. The molecular weight excluding hydrogens is 326 g/mol. The quantitative estimate of drug-likeness (QED) is 0.797. The number of carboxylic acid groups (broad SMARTS) is 1. The molecule has 20 heavy (non-hydrogen) atoms. The van der Waals surface area contributed by atoms with Crippen molar-refractivity contribution in [2.45, 2.75) is 20.3 Å². The summed E-state index contributed by atoms with van der Waals surface area (Å²) >= 11 is 3.32. The Morgan fingerprint density at radius 3 is 2.45 bits per heavy atom. The zero-order chi connectivity index (χ0) is 15.2. The highest BCUT2D eigenvalue weighted by atomic mass is 79.9. The largest absolute Gasteiger partial charge is 0.493 e. The van der Waals surface area contributed by atoms with Crippen LogP contribution < -0.4 is 10.1 Å². The maximum Gasteiger partial charge on any atom is 0.310 e. The first-order chi connectivity index (χ1) is 9.31. The van der Waals surface area contributed by atoms with Crippen molar-refractivity contribution in [3.63, 3.8) is 0 Å². The molecule has 5 nitrogen and oxygen atoms in total. The van der Waals surface area contributed by atoms with E-state index in [0.29, 0.717) is 5.75 Å². The van der Waals surface area contributed by atoms with Crippen LogP contribution in [0, 0.1) is 5.41 Å². The number of aliphatic carboxylic acids is 1. The minimum absolute atomic E-state index is 0.0967. The van der Waals surface area contributed by atoms with Gasteiger partial charge in [-0.15, -0.1) is 0 Å². The number of nitrogens with one attached hydrogen (secondary N) is 1. The van der Waals surface area contributed by atoms with E-state index in [1.807, 2.05) is 12.1 Å². The van der Waals surface area contributed by atoms with Gasteiger partial charge in [0, 0.05) is 11.0 Å². The Balaban J connectivity index is 2.27. The number of halogens is 1. The molecule has 0 saturated carbocycles. The summed E-state index contributed by atoms with van der Waals surface area (Å²) < 4.78 is 6.37. The number of ether oxygens (including phenoxy) is 1. The lowest BCUT2D eigenvalue weighted by molar-refractivity contribution is -0.146. The summed E-state index contributed by atoms with van der Waals surface area (Å²) in [5.74, 6) is -0.479. The standard InChI is InChI=1S/C14H18BrNO4/c1-14(2,13(18)19)9-16-12(17)7-8-20-11-5-3-10(15)4-6-11/h3-6H,7-9H2,1-2H3,(H,16,17)(H,18,19). The number of hydrogen-bond donors (Lipinski definition) is 2. The molecule has 0 fully saturated rings. The van der Waals surface area contributed by atoms with E-state index in [2.05, 4.69) is 21.2 Å². The first-order valence-electron chi connectivity index (χ1n) is 6.20. The van der Waals surface area contributed by atoms with E-state index in [0.717, 1.165) is 4.47 Å². The maximum atomic E-state index is 11.6. The van der Waals surface area contributed by atoms with E-state index in [-0.39, 0.29) is 25.5 Å². The number of benzene rings is 1. The predicted molar refractivity (Wildman–Crippen MR) is 78.7 cm³/mol. The molecule has 110 valence electrons. The van der Waals surface area contributed by atoms with Gasteiger partial charge in [-0.1, -0.05) is 15.9 Å². The van der Waals surface area contributed by atoms with Crippen molar-refractivity contribution < 1.29 is 19.4 Å². The van der Waals surface area contributed by atoms with Gasteiger partial charge in [-0.3, -0.25) is 9.59 Å². The van der Waals surface area contributed by atoms with E-state index in [1.54, 1.807) is 26.0 Å². The lowest BCUT2D eigenvalue weighted by Gasteiger charge is -2.19. The topological polar surface area (TPSA) is 75.6 Å². The summed E-state index contributed by atoms with van der Waals surface area (Å²) in [6, 6.07) is 7.31. The van der Waals surface area contributed by atoms with Crippen molar-refractivity contribution in [3.8, 4) is 5.75 Å². The predicted octanol–water partition coefficient (Wildman–Crippen LogP) is 2.45. The van der Waals surface area contributed by atoms with Gasteiger partial charge < -0.3 is 15.2 Å². The molecule has 0 heterocycles. The number of rotatable bonds is 7. The van der Waals surface area contributed by atoms with Crippen molar-refractivity contribution in [1.82, 2.24) is 5.32 Å². The molecule has 2 N–H and O–H groups in total. The Morgan fingerprint density at radius 1 is 1.30 bits per heavy atom. The van der Waals surface area contributed by atoms with E-state index in [1.165, 1.54) is 0 Å². The van der Waals surface area contributed by atoms with Gasteiger partial charge >= 0.3 is 5.97 Å². The highest BCUT2D eigenvalue weighted by Crippen LogP contribution is 2.16. The van der Waals surface area contributed by atoms with Crippen molar-refractivity contribution in [2.75, 3.05) is 13.2 Å². The van der Waals surface area contributed by atoms with E-state index in [9.17, 15) is 9.59 Å². The zero-order valence-electron chi connectivity index (χ0n) is 11.5. The summed E-state index contributed by atoms with van der Waals surface area (Å²) in [6.07, 6.45) is 0.186. The molecule has 1 aromatic carbocycles. The number of carbonyl (C=O) groups excluding carboxylic acids is 1. The Kier molecular flexibility index (Phi) is 6.01. The van der Waals surface area contributed by atoms with Crippen LogP contribution in [0.3, 0.4) is 0 Å². The number of carbonyl (C=O) groups is 2. The Bertz CT molecular complexity index is 471. The van der Waals surface area contributed by atoms with Gasteiger partial charge in [-0.25, -0.2) is 0 Å². The van der Waals surface area contributed by atoms with E-state index in [4.69, 9.17) is 9.84 Å². The highest BCUT2D eigenvalue weighted by molar-refractivity contribution is 9.10. The van der Waals surface area contributed by atoms with Crippen LogP contribution in [0.1, 0.15) is 20.3 Å². The monoisotopic (exact) mass is 343 g/mol. The molecule has 1 rings (SSSR count). The number of amides is 1. The summed E-state index contributed by atoms with van der Waals surface area (Å²) in [4.78, 5) is 22.4. The van der Waals surface area contributed by atoms with Crippen LogP contribution in [0.2, 0.25) is 0 Å². The number of hydrogen-bond acceptors (Lipinski definition) is 3. The van der Waals surface area contributed by atoms with Gasteiger partial charge in [0.05, 0.1) is 18.4 Å². The molecule has 0 aliphatic rings. The van der Waals surface area contributed by atoms with Crippen molar-refractivity contribution in [3.05, 3.63) is 28.7 Å². The molecule has 0 aromatic heterocycles. The van der Waals surface area contributed by atoms with Gasteiger partial charge in [0.1, 0.15) is 5.75 Å². The highest BCUT2D eigenvalue weighted by Gasteiger charge is 2.27.